The highest BCUT2D eigenvalue weighted by Crippen LogP contribution is 2.31. The van der Waals surface area contributed by atoms with Gasteiger partial charge in [-0.2, -0.15) is 0 Å². The van der Waals surface area contributed by atoms with Gasteiger partial charge in [-0.15, -0.1) is 0 Å². The van der Waals surface area contributed by atoms with Crippen molar-refractivity contribution in [3.8, 4) is 0 Å². The molecule has 0 aliphatic carbocycles. The standard InChI is InChI=1S/C18H23NS/c1-4-11-19-13-16-7-9-17(10-8-16)20-18-12-14(2)5-6-15(18)3/h5-10,12,19H,4,11,13H2,1-3H3. The summed E-state index contributed by atoms with van der Waals surface area (Å²) >= 11 is 1.85. The minimum atomic E-state index is 0.961. The summed E-state index contributed by atoms with van der Waals surface area (Å²) in [6.45, 7) is 8.55. The van der Waals surface area contributed by atoms with Crippen LogP contribution in [0.3, 0.4) is 0 Å². The van der Waals surface area contributed by atoms with Crippen LogP contribution in [-0.4, -0.2) is 6.54 Å². The zero-order valence-electron chi connectivity index (χ0n) is 12.6. The molecule has 2 aromatic carbocycles. The van der Waals surface area contributed by atoms with Crippen LogP contribution in [0.4, 0.5) is 0 Å². The van der Waals surface area contributed by atoms with Crippen molar-refractivity contribution in [1.82, 2.24) is 5.32 Å². The highest BCUT2D eigenvalue weighted by atomic mass is 32.2. The van der Waals surface area contributed by atoms with E-state index in [1.54, 1.807) is 0 Å². The summed E-state index contributed by atoms with van der Waals surface area (Å²) in [6.07, 6.45) is 1.18. The SMILES string of the molecule is CCCNCc1ccc(Sc2cc(C)ccc2C)cc1. The second-order valence-electron chi connectivity index (χ2n) is 5.19. The fourth-order valence-corrected chi connectivity index (χ4v) is 3.03. The first-order chi connectivity index (χ1) is 9.69. The molecule has 0 unspecified atom stereocenters. The van der Waals surface area contributed by atoms with Crippen molar-refractivity contribution in [3.63, 3.8) is 0 Å². The maximum atomic E-state index is 3.43. The molecule has 0 bridgehead atoms. The van der Waals surface area contributed by atoms with Crippen LogP contribution in [0.1, 0.15) is 30.0 Å². The average Bonchev–Trinajstić information content (AvgIpc) is 2.45. The van der Waals surface area contributed by atoms with Crippen LogP contribution >= 0.6 is 11.8 Å². The molecule has 0 radical (unpaired) electrons. The number of hydrogen-bond acceptors (Lipinski definition) is 2. The van der Waals surface area contributed by atoms with Gasteiger partial charge in [0.25, 0.3) is 0 Å². The van der Waals surface area contributed by atoms with Crippen LogP contribution in [0.15, 0.2) is 52.3 Å². The van der Waals surface area contributed by atoms with Crippen LogP contribution < -0.4 is 5.32 Å². The molecule has 0 fully saturated rings. The third-order valence-electron chi connectivity index (χ3n) is 3.25. The summed E-state index contributed by atoms with van der Waals surface area (Å²) < 4.78 is 0. The quantitative estimate of drug-likeness (QED) is 0.753. The van der Waals surface area contributed by atoms with Gasteiger partial charge in [0, 0.05) is 16.3 Å². The van der Waals surface area contributed by atoms with Gasteiger partial charge in [0.2, 0.25) is 0 Å². The van der Waals surface area contributed by atoms with E-state index in [-0.39, 0.29) is 0 Å². The summed E-state index contributed by atoms with van der Waals surface area (Å²) in [5.41, 5.74) is 4.01. The van der Waals surface area contributed by atoms with Gasteiger partial charge < -0.3 is 5.32 Å². The molecule has 0 aromatic heterocycles. The summed E-state index contributed by atoms with van der Waals surface area (Å²) in [5, 5.41) is 3.43. The minimum Gasteiger partial charge on any atom is -0.313 e. The molecule has 2 aromatic rings. The second-order valence-corrected chi connectivity index (χ2v) is 6.31. The fourth-order valence-electron chi connectivity index (χ4n) is 2.03. The number of rotatable bonds is 6. The number of nitrogens with one attached hydrogen (secondary N) is 1. The molecule has 0 atom stereocenters. The first-order valence-corrected chi connectivity index (χ1v) is 8.05. The molecule has 2 rings (SSSR count). The Morgan fingerprint density at radius 3 is 2.45 bits per heavy atom. The van der Waals surface area contributed by atoms with Crippen LogP contribution in [0.5, 0.6) is 0 Å². The van der Waals surface area contributed by atoms with Crippen LogP contribution in [-0.2, 0) is 6.54 Å². The van der Waals surface area contributed by atoms with Crippen LogP contribution in [0, 0.1) is 13.8 Å². The fraction of sp³-hybridized carbons (Fsp3) is 0.333. The summed E-state index contributed by atoms with van der Waals surface area (Å²) in [5.74, 6) is 0. The topological polar surface area (TPSA) is 12.0 Å². The Hall–Kier alpha value is -1.25. The number of benzene rings is 2. The van der Waals surface area contributed by atoms with Crippen molar-refractivity contribution in [2.24, 2.45) is 0 Å². The van der Waals surface area contributed by atoms with E-state index < -0.39 is 0 Å². The molecule has 106 valence electrons. The van der Waals surface area contributed by atoms with E-state index in [0.29, 0.717) is 0 Å². The first kappa shape index (κ1) is 15.1. The van der Waals surface area contributed by atoms with Gasteiger partial charge >= 0.3 is 0 Å². The summed E-state index contributed by atoms with van der Waals surface area (Å²) in [7, 11) is 0. The zero-order chi connectivity index (χ0) is 14.4. The van der Waals surface area contributed by atoms with Crippen LogP contribution in [0.2, 0.25) is 0 Å². The van der Waals surface area contributed by atoms with E-state index in [4.69, 9.17) is 0 Å². The molecule has 0 amide bonds. The van der Waals surface area contributed by atoms with Gasteiger partial charge in [0.1, 0.15) is 0 Å². The molecule has 0 spiro atoms. The summed E-state index contributed by atoms with van der Waals surface area (Å²) in [6, 6.07) is 15.5. The largest absolute Gasteiger partial charge is 0.313 e. The van der Waals surface area contributed by atoms with E-state index in [1.807, 2.05) is 11.8 Å². The zero-order valence-corrected chi connectivity index (χ0v) is 13.4. The predicted octanol–water partition coefficient (Wildman–Crippen LogP) is 4.95. The molecular weight excluding hydrogens is 262 g/mol. The minimum absolute atomic E-state index is 0.961. The third-order valence-corrected chi connectivity index (χ3v) is 4.42. The Morgan fingerprint density at radius 1 is 1.00 bits per heavy atom. The van der Waals surface area contributed by atoms with Crippen molar-refractivity contribution < 1.29 is 0 Å². The lowest BCUT2D eigenvalue weighted by Gasteiger charge is -2.08. The Labute approximate surface area is 126 Å². The predicted molar refractivity (Wildman–Crippen MR) is 88.5 cm³/mol. The van der Waals surface area contributed by atoms with Gasteiger partial charge in [-0.25, -0.2) is 0 Å². The van der Waals surface area contributed by atoms with Crippen LogP contribution in [0.25, 0.3) is 0 Å². The monoisotopic (exact) mass is 285 g/mol. The highest BCUT2D eigenvalue weighted by molar-refractivity contribution is 7.99. The molecule has 1 N–H and O–H groups in total. The van der Waals surface area contributed by atoms with E-state index in [0.717, 1.165) is 13.1 Å². The number of hydrogen-bond donors (Lipinski definition) is 1. The molecule has 0 aliphatic heterocycles. The molecule has 0 saturated carbocycles. The molecule has 2 heteroatoms. The van der Waals surface area contributed by atoms with E-state index in [1.165, 1.54) is 32.9 Å². The lowest BCUT2D eigenvalue weighted by molar-refractivity contribution is 0.675. The Kier molecular flexibility index (Phi) is 5.69. The summed E-state index contributed by atoms with van der Waals surface area (Å²) in [4.78, 5) is 2.65. The Bertz CT molecular complexity index is 546. The smallest absolute Gasteiger partial charge is 0.0205 e. The maximum Gasteiger partial charge on any atom is 0.0205 e. The molecule has 1 nitrogen and oxygen atoms in total. The average molecular weight is 285 g/mol. The van der Waals surface area contributed by atoms with E-state index in [2.05, 4.69) is 68.6 Å². The Morgan fingerprint density at radius 2 is 1.75 bits per heavy atom. The molecular formula is C18H23NS. The lowest BCUT2D eigenvalue weighted by Crippen LogP contribution is -2.13. The highest BCUT2D eigenvalue weighted by Gasteiger charge is 2.02. The van der Waals surface area contributed by atoms with Gasteiger partial charge in [-0.1, -0.05) is 43.0 Å². The van der Waals surface area contributed by atoms with Gasteiger partial charge in [0.15, 0.2) is 0 Å². The van der Waals surface area contributed by atoms with Crippen molar-refractivity contribution >= 4 is 11.8 Å². The van der Waals surface area contributed by atoms with Crippen molar-refractivity contribution in [3.05, 3.63) is 59.2 Å². The van der Waals surface area contributed by atoms with E-state index in [9.17, 15) is 0 Å². The number of aryl methyl sites for hydroxylation is 2. The van der Waals surface area contributed by atoms with Gasteiger partial charge in [-0.3, -0.25) is 0 Å². The molecule has 20 heavy (non-hydrogen) atoms. The third kappa shape index (κ3) is 4.39. The van der Waals surface area contributed by atoms with Gasteiger partial charge in [-0.05, 0) is 61.7 Å². The first-order valence-electron chi connectivity index (χ1n) is 7.24. The van der Waals surface area contributed by atoms with Crippen molar-refractivity contribution in [1.29, 1.82) is 0 Å². The Balaban J connectivity index is 2.01. The maximum absolute atomic E-state index is 3.43. The lowest BCUT2D eigenvalue weighted by atomic mass is 10.2. The second kappa shape index (κ2) is 7.51. The molecule has 0 heterocycles. The van der Waals surface area contributed by atoms with Gasteiger partial charge in [0.05, 0.1) is 0 Å². The van der Waals surface area contributed by atoms with E-state index >= 15 is 0 Å². The van der Waals surface area contributed by atoms with Crippen molar-refractivity contribution in [2.75, 3.05) is 6.54 Å². The molecule has 0 saturated heterocycles. The molecule has 0 aliphatic rings. The normalized spacial score (nSPS) is 10.8. The van der Waals surface area contributed by atoms with Crippen molar-refractivity contribution in [2.45, 2.75) is 43.5 Å².